The van der Waals surface area contributed by atoms with E-state index in [1.165, 1.54) is 12.5 Å². The molecule has 19 heavy (non-hydrogen) atoms. The Hall–Kier alpha value is -1.20. The molecule has 2 unspecified atom stereocenters. The summed E-state index contributed by atoms with van der Waals surface area (Å²) in [6.45, 7) is 2.55. The number of ether oxygens (including phenoxy) is 1. The second-order valence-corrected chi connectivity index (χ2v) is 5.42. The summed E-state index contributed by atoms with van der Waals surface area (Å²) in [7, 11) is 2.13. The van der Waals surface area contributed by atoms with Gasteiger partial charge in [-0.15, -0.1) is 0 Å². The second kappa shape index (κ2) is 5.06. The van der Waals surface area contributed by atoms with Crippen molar-refractivity contribution in [2.24, 2.45) is 5.92 Å². The molecule has 2 heterocycles. The van der Waals surface area contributed by atoms with E-state index in [1.807, 2.05) is 0 Å². The lowest BCUT2D eigenvalue weighted by Gasteiger charge is -2.24. The molecule has 0 saturated carbocycles. The number of nitrogens with zero attached hydrogens (tertiary/aromatic N) is 1. The molecule has 3 rings (SSSR count). The molecular formula is C14H18F2N2O. The first-order valence-electron chi connectivity index (χ1n) is 6.66. The van der Waals surface area contributed by atoms with Gasteiger partial charge < -0.3 is 15.0 Å². The molecule has 1 aromatic rings. The Balaban J connectivity index is 1.61. The Morgan fingerprint density at radius 2 is 2.21 bits per heavy atom. The number of hydrogen-bond donors (Lipinski definition) is 1. The van der Waals surface area contributed by atoms with Gasteiger partial charge in [-0.3, -0.25) is 0 Å². The van der Waals surface area contributed by atoms with E-state index in [1.54, 1.807) is 0 Å². The van der Waals surface area contributed by atoms with Crippen molar-refractivity contribution in [1.29, 1.82) is 0 Å². The van der Waals surface area contributed by atoms with Crippen LogP contribution in [0.5, 0.6) is 5.75 Å². The Kier molecular flexibility index (Phi) is 3.41. The van der Waals surface area contributed by atoms with E-state index in [-0.39, 0.29) is 0 Å². The molecule has 2 aliphatic rings. The highest BCUT2D eigenvalue weighted by atomic mass is 19.2. The maximum atomic E-state index is 13.1. The monoisotopic (exact) mass is 268 g/mol. The van der Waals surface area contributed by atoms with Gasteiger partial charge in [-0.25, -0.2) is 8.78 Å². The highest BCUT2D eigenvalue weighted by molar-refractivity contribution is 5.23. The maximum Gasteiger partial charge on any atom is 0.162 e. The molecule has 0 aromatic heterocycles. The molecule has 104 valence electrons. The lowest BCUT2D eigenvalue weighted by molar-refractivity contribution is 0.180. The van der Waals surface area contributed by atoms with Crippen molar-refractivity contribution in [3.05, 3.63) is 29.8 Å². The largest absolute Gasteiger partial charge is 0.493 e. The summed E-state index contributed by atoms with van der Waals surface area (Å²) in [4.78, 5) is 2.35. The van der Waals surface area contributed by atoms with Crippen LogP contribution < -0.4 is 10.1 Å². The third-order valence-electron chi connectivity index (χ3n) is 4.19. The summed E-state index contributed by atoms with van der Waals surface area (Å²) in [5.41, 5.74) is 0. The zero-order valence-corrected chi connectivity index (χ0v) is 10.9. The van der Waals surface area contributed by atoms with Gasteiger partial charge in [-0.2, -0.15) is 0 Å². The number of rotatable bonds is 3. The van der Waals surface area contributed by atoms with Crippen LogP contribution in [0.2, 0.25) is 0 Å². The van der Waals surface area contributed by atoms with Crippen LogP contribution in [-0.4, -0.2) is 43.7 Å². The average Bonchev–Trinajstić information content (AvgIpc) is 2.95. The second-order valence-electron chi connectivity index (χ2n) is 5.42. The van der Waals surface area contributed by atoms with E-state index in [4.69, 9.17) is 4.74 Å². The van der Waals surface area contributed by atoms with Gasteiger partial charge in [-0.05, 0) is 32.1 Å². The van der Waals surface area contributed by atoms with Crippen molar-refractivity contribution in [2.45, 2.75) is 18.5 Å². The molecule has 3 nitrogen and oxygen atoms in total. The highest BCUT2D eigenvalue weighted by Gasteiger charge is 2.42. The van der Waals surface area contributed by atoms with Crippen LogP contribution in [-0.2, 0) is 0 Å². The van der Waals surface area contributed by atoms with E-state index in [9.17, 15) is 8.78 Å². The topological polar surface area (TPSA) is 24.5 Å². The van der Waals surface area contributed by atoms with Crippen molar-refractivity contribution >= 4 is 0 Å². The standard InChI is InChI=1S/C14H18F2N2O/c1-18-5-4-13-14(18)9(7-17-13)8-19-10-2-3-11(15)12(16)6-10/h2-3,6,9,13-14,17H,4-5,7-8H2,1H3/t9-,13?,14?/m1/s1. The normalized spacial score (nSPS) is 30.6. The summed E-state index contributed by atoms with van der Waals surface area (Å²) >= 11 is 0. The third kappa shape index (κ3) is 2.44. The minimum atomic E-state index is -0.863. The van der Waals surface area contributed by atoms with Crippen molar-refractivity contribution < 1.29 is 13.5 Å². The molecule has 0 spiro atoms. The molecule has 1 N–H and O–H groups in total. The van der Waals surface area contributed by atoms with Gasteiger partial charge in [0.25, 0.3) is 0 Å². The Labute approximate surface area is 111 Å². The first-order valence-corrected chi connectivity index (χ1v) is 6.66. The first kappa shape index (κ1) is 12.8. The molecule has 5 heteroatoms. The number of benzene rings is 1. The average molecular weight is 268 g/mol. The SMILES string of the molecule is CN1CCC2NC[C@H](COc3ccc(F)c(F)c3)C21. The van der Waals surface area contributed by atoms with Crippen molar-refractivity contribution in [1.82, 2.24) is 10.2 Å². The summed E-state index contributed by atoms with van der Waals surface area (Å²) < 4.78 is 31.5. The lowest BCUT2D eigenvalue weighted by atomic mass is 10.0. The molecule has 0 aliphatic carbocycles. The van der Waals surface area contributed by atoms with Crippen molar-refractivity contribution in [3.8, 4) is 5.75 Å². The van der Waals surface area contributed by atoms with Crippen molar-refractivity contribution in [2.75, 3.05) is 26.7 Å². The molecule has 2 fully saturated rings. The van der Waals surface area contributed by atoms with Gasteiger partial charge in [0, 0.05) is 30.6 Å². The van der Waals surface area contributed by atoms with Crippen LogP contribution >= 0.6 is 0 Å². The van der Waals surface area contributed by atoms with Crippen molar-refractivity contribution in [3.63, 3.8) is 0 Å². The number of likely N-dealkylation sites (N-methyl/N-ethyl adjacent to an activating group) is 1. The molecule has 2 aliphatic heterocycles. The number of nitrogens with one attached hydrogen (secondary N) is 1. The summed E-state index contributed by atoms with van der Waals surface area (Å²) in [5.74, 6) is -0.919. The summed E-state index contributed by atoms with van der Waals surface area (Å²) in [6.07, 6.45) is 1.17. The van der Waals surface area contributed by atoms with E-state index in [2.05, 4.69) is 17.3 Å². The lowest BCUT2D eigenvalue weighted by Crippen LogP contribution is -2.37. The zero-order valence-electron chi connectivity index (χ0n) is 10.9. The third-order valence-corrected chi connectivity index (χ3v) is 4.19. The van der Waals surface area contributed by atoms with Crippen LogP contribution in [0.25, 0.3) is 0 Å². The minimum Gasteiger partial charge on any atom is -0.493 e. The summed E-state index contributed by atoms with van der Waals surface area (Å²) in [6, 6.07) is 4.71. The number of halogens is 2. The van der Waals surface area contributed by atoms with E-state index < -0.39 is 11.6 Å². The predicted molar refractivity (Wildman–Crippen MR) is 68.2 cm³/mol. The quantitative estimate of drug-likeness (QED) is 0.902. The molecular weight excluding hydrogens is 250 g/mol. The minimum absolute atomic E-state index is 0.392. The molecule has 0 amide bonds. The van der Waals surface area contributed by atoms with Gasteiger partial charge in [0.05, 0.1) is 6.61 Å². The van der Waals surface area contributed by atoms with Gasteiger partial charge in [0.1, 0.15) is 5.75 Å². The zero-order chi connectivity index (χ0) is 13.4. The molecule has 3 atom stereocenters. The fraction of sp³-hybridized carbons (Fsp3) is 0.571. The van der Waals surface area contributed by atoms with Crippen LogP contribution in [0.3, 0.4) is 0 Å². The predicted octanol–water partition coefficient (Wildman–Crippen LogP) is 1.64. The molecule has 1 aromatic carbocycles. The van der Waals surface area contributed by atoms with E-state index >= 15 is 0 Å². The first-order chi connectivity index (χ1) is 9.15. The van der Waals surface area contributed by atoms with E-state index in [0.29, 0.717) is 30.4 Å². The number of fused-ring (bicyclic) bond motifs is 1. The molecule has 2 saturated heterocycles. The van der Waals surface area contributed by atoms with Gasteiger partial charge in [0.15, 0.2) is 11.6 Å². The maximum absolute atomic E-state index is 13.1. The summed E-state index contributed by atoms with van der Waals surface area (Å²) in [5, 5.41) is 3.50. The number of likely N-dealkylation sites (tertiary alicyclic amines) is 1. The van der Waals surface area contributed by atoms with Crippen LogP contribution in [0.4, 0.5) is 8.78 Å². The van der Waals surface area contributed by atoms with Gasteiger partial charge in [-0.1, -0.05) is 0 Å². The Bertz CT molecular complexity index is 469. The van der Waals surface area contributed by atoms with Crippen LogP contribution in [0, 0.1) is 17.6 Å². The van der Waals surface area contributed by atoms with Gasteiger partial charge >= 0.3 is 0 Å². The number of hydrogen-bond acceptors (Lipinski definition) is 3. The van der Waals surface area contributed by atoms with Crippen LogP contribution in [0.15, 0.2) is 18.2 Å². The Morgan fingerprint density at radius 3 is 3.00 bits per heavy atom. The highest BCUT2D eigenvalue weighted by Crippen LogP contribution is 2.28. The van der Waals surface area contributed by atoms with E-state index in [0.717, 1.165) is 25.2 Å². The fourth-order valence-electron chi connectivity index (χ4n) is 3.23. The van der Waals surface area contributed by atoms with Gasteiger partial charge in [0.2, 0.25) is 0 Å². The van der Waals surface area contributed by atoms with Crippen LogP contribution in [0.1, 0.15) is 6.42 Å². The Morgan fingerprint density at radius 1 is 1.37 bits per heavy atom. The smallest absolute Gasteiger partial charge is 0.162 e. The molecule has 0 radical (unpaired) electrons. The fourth-order valence-corrected chi connectivity index (χ4v) is 3.23. The molecule has 0 bridgehead atoms.